The zero-order valence-corrected chi connectivity index (χ0v) is 15.2. The van der Waals surface area contributed by atoms with Gasteiger partial charge in [0.05, 0.1) is 5.41 Å². The van der Waals surface area contributed by atoms with Gasteiger partial charge in [-0.1, -0.05) is 20.8 Å². The molecule has 0 heterocycles. The Morgan fingerprint density at radius 1 is 1.00 bits per heavy atom. The highest BCUT2D eigenvalue weighted by atomic mass is 19.4. The maximum atomic E-state index is 13.9. The van der Waals surface area contributed by atoms with Crippen LogP contribution in [0.5, 0.6) is 0 Å². The summed E-state index contributed by atoms with van der Waals surface area (Å²) >= 11 is 0. The first-order valence-electron chi connectivity index (χ1n) is 9.36. The van der Waals surface area contributed by atoms with Gasteiger partial charge < -0.3 is 0 Å². The molecule has 0 aromatic heterocycles. The van der Waals surface area contributed by atoms with Gasteiger partial charge in [0.25, 0.3) is 0 Å². The summed E-state index contributed by atoms with van der Waals surface area (Å²) in [6.45, 7) is 6.55. The third-order valence-corrected chi connectivity index (χ3v) is 8.13. The summed E-state index contributed by atoms with van der Waals surface area (Å²) in [4.78, 5) is 4.67. The molecule has 4 bridgehead atoms. The van der Waals surface area contributed by atoms with Crippen molar-refractivity contribution in [3.63, 3.8) is 0 Å². The molecule has 0 saturated heterocycles. The van der Waals surface area contributed by atoms with Gasteiger partial charge in [0.1, 0.15) is 6.10 Å². The molecule has 4 aliphatic carbocycles. The summed E-state index contributed by atoms with van der Waals surface area (Å²) in [6.07, 6.45) is 0.938. The van der Waals surface area contributed by atoms with Crippen molar-refractivity contribution < 1.29 is 23.3 Å². The van der Waals surface area contributed by atoms with E-state index in [9.17, 15) is 18.4 Å². The molecular weight excluding hydrogens is 317 g/mol. The molecule has 2 unspecified atom stereocenters. The van der Waals surface area contributed by atoms with E-state index >= 15 is 0 Å². The van der Waals surface area contributed by atoms with Gasteiger partial charge in [-0.05, 0) is 75.0 Å². The molecule has 4 saturated carbocycles. The first-order valence-corrected chi connectivity index (χ1v) is 9.36. The lowest BCUT2D eigenvalue weighted by molar-refractivity contribution is -0.382. The van der Waals surface area contributed by atoms with E-state index in [1.165, 1.54) is 33.1 Å². The summed E-state index contributed by atoms with van der Waals surface area (Å²) in [5, 5.41) is 9.59. The lowest BCUT2D eigenvalue weighted by atomic mass is 9.41. The third-order valence-electron chi connectivity index (χ3n) is 8.13. The quantitative estimate of drug-likeness (QED) is 0.483. The average molecular weight is 348 g/mol. The van der Waals surface area contributed by atoms with Gasteiger partial charge in [-0.15, -0.1) is 0 Å². The van der Waals surface area contributed by atoms with Crippen molar-refractivity contribution in [2.75, 3.05) is 0 Å². The minimum absolute atomic E-state index is 0.0997. The Balaban J connectivity index is 1.99. The Labute approximate surface area is 143 Å². The van der Waals surface area contributed by atoms with Crippen LogP contribution >= 0.6 is 0 Å². The topological polar surface area (TPSA) is 29.5 Å². The molecule has 1 N–H and O–H groups in total. The van der Waals surface area contributed by atoms with Crippen molar-refractivity contribution in [1.82, 2.24) is 0 Å². The van der Waals surface area contributed by atoms with Crippen LogP contribution in [0.1, 0.15) is 72.6 Å². The number of halogens is 3. The van der Waals surface area contributed by atoms with Gasteiger partial charge in [0.2, 0.25) is 0 Å². The lowest BCUT2D eigenvalue weighted by Gasteiger charge is -2.64. The highest BCUT2D eigenvalue weighted by Gasteiger charge is 2.66. The summed E-state index contributed by atoms with van der Waals surface area (Å²) < 4.78 is 41.6. The summed E-state index contributed by atoms with van der Waals surface area (Å²) in [7, 11) is 0. The second-order valence-electron chi connectivity index (χ2n) is 9.67. The Kier molecular flexibility index (Phi) is 4.32. The molecule has 0 amide bonds. The van der Waals surface area contributed by atoms with Gasteiger partial charge in [-0.3, -0.25) is 5.26 Å². The smallest absolute Gasteiger partial charge is 0.251 e. The largest absolute Gasteiger partial charge is 0.396 e. The van der Waals surface area contributed by atoms with Gasteiger partial charge in [-0.2, -0.15) is 13.2 Å². The SMILES string of the molecule is CCC(C)(C(OO)C(C)(C)C12CC3CC(CC(C3)C1)C2)C(F)(F)F. The van der Waals surface area contributed by atoms with Crippen LogP contribution in [0.3, 0.4) is 0 Å². The van der Waals surface area contributed by atoms with Gasteiger partial charge in [0.15, 0.2) is 0 Å². The standard InChI is InChI=1S/C19H31F3O2/c1-5-17(4,19(20,21)22)15(24-23)16(2,3)18-9-12-6-13(10-18)8-14(7-12)11-18/h12-15,23H,5-11H2,1-4H3. The van der Waals surface area contributed by atoms with Crippen LogP contribution in [0.4, 0.5) is 13.2 Å². The Morgan fingerprint density at radius 3 is 1.71 bits per heavy atom. The van der Waals surface area contributed by atoms with E-state index in [2.05, 4.69) is 4.89 Å². The zero-order chi connectivity index (χ0) is 18.0. The zero-order valence-electron chi connectivity index (χ0n) is 15.2. The highest BCUT2D eigenvalue weighted by molar-refractivity contribution is 5.11. The van der Waals surface area contributed by atoms with E-state index in [0.717, 1.165) is 19.3 Å². The monoisotopic (exact) mass is 348 g/mol. The predicted octanol–water partition coefficient (Wildman–Crippen LogP) is 6.07. The van der Waals surface area contributed by atoms with Crippen molar-refractivity contribution in [3.05, 3.63) is 0 Å². The Morgan fingerprint density at radius 2 is 1.42 bits per heavy atom. The van der Waals surface area contributed by atoms with Crippen LogP contribution in [0.2, 0.25) is 0 Å². The number of rotatable bonds is 5. The maximum absolute atomic E-state index is 13.9. The Bertz CT molecular complexity index is 450. The average Bonchev–Trinajstić information content (AvgIpc) is 2.44. The molecule has 5 heteroatoms. The number of hydrogen-bond acceptors (Lipinski definition) is 2. The molecule has 2 nitrogen and oxygen atoms in total. The van der Waals surface area contributed by atoms with Crippen molar-refractivity contribution in [1.29, 1.82) is 0 Å². The highest BCUT2D eigenvalue weighted by Crippen LogP contribution is 2.68. The fourth-order valence-electron chi connectivity index (χ4n) is 6.76. The molecule has 0 aromatic carbocycles. The second-order valence-corrected chi connectivity index (χ2v) is 9.67. The van der Waals surface area contributed by atoms with Crippen molar-refractivity contribution >= 4 is 0 Å². The Hall–Kier alpha value is -0.290. The summed E-state index contributed by atoms with van der Waals surface area (Å²) in [6, 6.07) is 0. The molecule has 0 aliphatic heterocycles. The third kappa shape index (κ3) is 2.45. The van der Waals surface area contributed by atoms with Gasteiger partial charge >= 0.3 is 6.18 Å². The minimum Gasteiger partial charge on any atom is -0.251 e. The first-order chi connectivity index (χ1) is 11.0. The van der Waals surface area contributed by atoms with Gasteiger partial charge in [-0.25, -0.2) is 4.89 Å². The summed E-state index contributed by atoms with van der Waals surface area (Å²) in [5.74, 6) is 1.94. The molecule has 2 atom stereocenters. The van der Waals surface area contributed by atoms with E-state index in [1.54, 1.807) is 0 Å². The van der Waals surface area contributed by atoms with Crippen LogP contribution in [0.15, 0.2) is 0 Å². The predicted molar refractivity (Wildman–Crippen MR) is 86.3 cm³/mol. The van der Waals surface area contributed by atoms with Crippen LogP contribution in [0, 0.1) is 34.0 Å². The number of hydrogen-bond donors (Lipinski definition) is 1. The molecule has 4 rings (SSSR count). The lowest BCUT2D eigenvalue weighted by Crippen LogP contribution is -2.62. The van der Waals surface area contributed by atoms with Crippen LogP contribution < -0.4 is 0 Å². The van der Waals surface area contributed by atoms with E-state index in [4.69, 9.17) is 0 Å². The molecule has 0 radical (unpaired) electrons. The maximum Gasteiger partial charge on any atom is 0.396 e. The minimum atomic E-state index is -4.41. The molecule has 4 aliphatic rings. The fourth-order valence-corrected chi connectivity index (χ4v) is 6.76. The first kappa shape index (κ1) is 18.5. The van der Waals surface area contributed by atoms with E-state index in [1.807, 2.05) is 13.8 Å². The number of alkyl halides is 3. The van der Waals surface area contributed by atoms with Crippen LogP contribution in [-0.4, -0.2) is 17.5 Å². The van der Waals surface area contributed by atoms with E-state index < -0.39 is 23.1 Å². The molecule has 4 fully saturated rings. The molecule has 0 spiro atoms. The molecule has 0 aromatic rings. The van der Waals surface area contributed by atoms with E-state index in [0.29, 0.717) is 17.8 Å². The van der Waals surface area contributed by atoms with Crippen molar-refractivity contribution in [2.24, 2.45) is 34.0 Å². The summed E-state index contributed by atoms with van der Waals surface area (Å²) in [5.41, 5.74) is -2.91. The molecule has 24 heavy (non-hydrogen) atoms. The van der Waals surface area contributed by atoms with Crippen molar-refractivity contribution in [2.45, 2.75) is 84.9 Å². The second kappa shape index (κ2) is 5.60. The molecule has 140 valence electrons. The fraction of sp³-hybridized carbons (Fsp3) is 1.00. The van der Waals surface area contributed by atoms with Gasteiger partial charge in [0, 0.05) is 5.41 Å². The van der Waals surface area contributed by atoms with Crippen LogP contribution in [-0.2, 0) is 4.89 Å². The van der Waals surface area contributed by atoms with E-state index in [-0.39, 0.29) is 11.8 Å². The van der Waals surface area contributed by atoms with Crippen molar-refractivity contribution in [3.8, 4) is 0 Å². The normalized spacial score (nSPS) is 39.8. The van der Waals surface area contributed by atoms with Crippen LogP contribution in [0.25, 0.3) is 0 Å². The molecular formula is C19H31F3O2.